The van der Waals surface area contributed by atoms with E-state index in [4.69, 9.17) is 23.2 Å². The van der Waals surface area contributed by atoms with E-state index in [0.717, 1.165) is 11.3 Å². The van der Waals surface area contributed by atoms with Crippen molar-refractivity contribution in [1.82, 2.24) is 4.98 Å². The van der Waals surface area contributed by atoms with Gasteiger partial charge in [-0.3, -0.25) is 0 Å². The van der Waals surface area contributed by atoms with Crippen LogP contribution in [0.15, 0.2) is 24.3 Å². The van der Waals surface area contributed by atoms with Crippen LogP contribution in [-0.4, -0.2) is 12.0 Å². The van der Waals surface area contributed by atoms with Crippen LogP contribution < -0.4 is 5.32 Å². The van der Waals surface area contributed by atoms with Crippen LogP contribution >= 0.6 is 23.2 Å². The van der Waals surface area contributed by atoms with E-state index in [1.807, 2.05) is 12.1 Å². The van der Waals surface area contributed by atoms with Crippen molar-refractivity contribution in [3.63, 3.8) is 0 Å². The third-order valence-corrected chi connectivity index (χ3v) is 3.60. The minimum atomic E-state index is 0.525. The van der Waals surface area contributed by atoms with Gasteiger partial charge < -0.3 is 5.32 Å². The molecule has 0 atom stereocenters. The lowest BCUT2D eigenvalue weighted by molar-refractivity contribution is 1.26. The average molecular weight is 281 g/mol. The topological polar surface area (TPSA) is 24.9 Å². The Hall–Kier alpha value is -1.25. The van der Waals surface area contributed by atoms with Crippen molar-refractivity contribution in [2.24, 2.45) is 0 Å². The maximum atomic E-state index is 6.24. The molecule has 2 nitrogen and oxygen atoms in total. The summed E-state index contributed by atoms with van der Waals surface area (Å²) in [5, 5.41) is 4.05. The first-order chi connectivity index (χ1) is 8.54. The van der Waals surface area contributed by atoms with Crippen LogP contribution in [0.25, 0.3) is 11.3 Å². The number of anilines is 1. The van der Waals surface area contributed by atoms with Gasteiger partial charge in [-0.25, -0.2) is 4.98 Å². The lowest BCUT2D eigenvalue weighted by atomic mass is 10.0. The van der Waals surface area contributed by atoms with Gasteiger partial charge in [-0.2, -0.15) is 0 Å². The molecule has 0 bridgehead atoms. The Balaban J connectivity index is 2.67. The Kier molecular flexibility index (Phi) is 3.79. The predicted molar refractivity (Wildman–Crippen MR) is 78.7 cm³/mol. The molecular weight excluding hydrogens is 267 g/mol. The van der Waals surface area contributed by atoms with Gasteiger partial charge in [-0.1, -0.05) is 41.4 Å². The lowest BCUT2D eigenvalue weighted by Gasteiger charge is -2.12. The minimum absolute atomic E-state index is 0.525. The highest BCUT2D eigenvalue weighted by Gasteiger charge is 2.12. The monoisotopic (exact) mass is 280 g/mol. The zero-order valence-electron chi connectivity index (χ0n) is 10.5. The molecule has 0 aliphatic carbocycles. The summed E-state index contributed by atoms with van der Waals surface area (Å²) in [6.07, 6.45) is 0. The zero-order valence-corrected chi connectivity index (χ0v) is 12.0. The first-order valence-corrected chi connectivity index (χ1v) is 6.40. The van der Waals surface area contributed by atoms with E-state index in [0.29, 0.717) is 15.9 Å². The van der Waals surface area contributed by atoms with Crippen LogP contribution in [0, 0.1) is 13.8 Å². The standard InChI is InChI=1S/C14H14Cl2N2/c1-8-5-4-6-10(9(8)2)13-11(15)7-12(16)14(17-3)18-13/h4-7H,1-3H3,(H,17,18). The number of aryl methyl sites for hydroxylation is 1. The van der Waals surface area contributed by atoms with E-state index < -0.39 is 0 Å². The summed E-state index contributed by atoms with van der Waals surface area (Å²) in [5.41, 5.74) is 4.18. The van der Waals surface area contributed by atoms with Crippen LogP contribution in [0.5, 0.6) is 0 Å². The van der Waals surface area contributed by atoms with Crippen molar-refractivity contribution in [3.05, 3.63) is 45.4 Å². The Bertz CT molecular complexity index is 595. The third-order valence-electron chi connectivity index (χ3n) is 3.03. The van der Waals surface area contributed by atoms with Gasteiger partial charge in [-0.05, 0) is 31.0 Å². The van der Waals surface area contributed by atoms with Gasteiger partial charge in [-0.15, -0.1) is 0 Å². The highest BCUT2D eigenvalue weighted by Crippen LogP contribution is 2.34. The molecule has 0 saturated heterocycles. The van der Waals surface area contributed by atoms with Crippen LogP contribution in [0.4, 0.5) is 5.82 Å². The number of benzene rings is 1. The lowest BCUT2D eigenvalue weighted by Crippen LogP contribution is -1.97. The Morgan fingerprint density at radius 1 is 1.11 bits per heavy atom. The average Bonchev–Trinajstić information content (AvgIpc) is 2.34. The second kappa shape index (κ2) is 5.17. The molecule has 0 saturated carbocycles. The van der Waals surface area contributed by atoms with Gasteiger partial charge in [0.2, 0.25) is 0 Å². The SMILES string of the molecule is CNc1nc(-c2cccc(C)c2C)c(Cl)cc1Cl. The van der Waals surface area contributed by atoms with E-state index in [9.17, 15) is 0 Å². The summed E-state index contributed by atoms with van der Waals surface area (Å²) < 4.78 is 0. The van der Waals surface area contributed by atoms with Crippen molar-refractivity contribution in [2.75, 3.05) is 12.4 Å². The number of pyridine rings is 1. The summed E-state index contributed by atoms with van der Waals surface area (Å²) in [4.78, 5) is 4.49. The minimum Gasteiger partial charge on any atom is -0.372 e. The van der Waals surface area contributed by atoms with Crippen LogP contribution in [-0.2, 0) is 0 Å². The van der Waals surface area contributed by atoms with Crippen molar-refractivity contribution >= 4 is 29.0 Å². The number of aromatic nitrogens is 1. The molecule has 0 fully saturated rings. The highest BCUT2D eigenvalue weighted by atomic mass is 35.5. The summed E-state index contributed by atoms with van der Waals surface area (Å²) >= 11 is 12.3. The molecule has 2 rings (SSSR count). The molecule has 0 aliphatic rings. The number of nitrogens with zero attached hydrogens (tertiary/aromatic N) is 1. The molecule has 2 aromatic rings. The third kappa shape index (κ3) is 2.31. The van der Waals surface area contributed by atoms with Gasteiger partial charge >= 0.3 is 0 Å². The first kappa shape index (κ1) is 13.2. The maximum absolute atomic E-state index is 6.24. The molecular formula is C14H14Cl2N2. The second-order valence-corrected chi connectivity index (χ2v) is 4.96. The molecule has 0 spiro atoms. The smallest absolute Gasteiger partial charge is 0.145 e. The molecule has 0 amide bonds. The fraction of sp³-hybridized carbons (Fsp3) is 0.214. The molecule has 1 aromatic carbocycles. The number of nitrogens with one attached hydrogen (secondary N) is 1. The Morgan fingerprint density at radius 2 is 1.83 bits per heavy atom. The molecule has 0 unspecified atom stereocenters. The number of rotatable bonds is 2. The van der Waals surface area contributed by atoms with Crippen molar-refractivity contribution in [2.45, 2.75) is 13.8 Å². The normalized spacial score (nSPS) is 10.5. The predicted octanol–water partition coefficient (Wildman–Crippen LogP) is 4.71. The molecule has 94 valence electrons. The zero-order chi connectivity index (χ0) is 13.3. The number of halogens is 2. The quantitative estimate of drug-likeness (QED) is 0.862. The van der Waals surface area contributed by atoms with Crippen LogP contribution in [0.1, 0.15) is 11.1 Å². The fourth-order valence-electron chi connectivity index (χ4n) is 1.84. The van der Waals surface area contributed by atoms with E-state index >= 15 is 0 Å². The van der Waals surface area contributed by atoms with E-state index in [1.54, 1.807) is 13.1 Å². The summed E-state index contributed by atoms with van der Waals surface area (Å²) in [6, 6.07) is 7.81. The summed E-state index contributed by atoms with van der Waals surface area (Å²) in [6.45, 7) is 4.14. The highest BCUT2D eigenvalue weighted by molar-refractivity contribution is 6.37. The van der Waals surface area contributed by atoms with Gasteiger partial charge in [0.1, 0.15) is 5.82 Å². The first-order valence-electron chi connectivity index (χ1n) is 5.65. The summed E-state index contributed by atoms with van der Waals surface area (Å²) in [7, 11) is 1.79. The molecule has 1 aromatic heterocycles. The van der Waals surface area contributed by atoms with Gasteiger partial charge in [0.05, 0.1) is 15.7 Å². The molecule has 18 heavy (non-hydrogen) atoms. The maximum Gasteiger partial charge on any atom is 0.145 e. The van der Waals surface area contributed by atoms with E-state index in [-0.39, 0.29) is 0 Å². The summed E-state index contributed by atoms with van der Waals surface area (Å²) in [5.74, 6) is 0.636. The number of hydrogen-bond donors (Lipinski definition) is 1. The van der Waals surface area contributed by atoms with Crippen LogP contribution in [0.3, 0.4) is 0 Å². The molecule has 0 radical (unpaired) electrons. The largest absolute Gasteiger partial charge is 0.372 e. The van der Waals surface area contributed by atoms with Crippen molar-refractivity contribution in [3.8, 4) is 11.3 Å². The van der Waals surface area contributed by atoms with E-state index in [1.165, 1.54) is 11.1 Å². The fourth-order valence-corrected chi connectivity index (χ4v) is 2.39. The van der Waals surface area contributed by atoms with Crippen molar-refractivity contribution in [1.29, 1.82) is 0 Å². The van der Waals surface area contributed by atoms with Gasteiger partial charge in [0.15, 0.2) is 0 Å². The van der Waals surface area contributed by atoms with E-state index in [2.05, 4.69) is 30.2 Å². The van der Waals surface area contributed by atoms with Crippen LogP contribution in [0.2, 0.25) is 10.0 Å². The van der Waals surface area contributed by atoms with Crippen molar-refractivity contribution < 1.29 is 0 Å². The second-order valence-electron chi connectivity index (χ2n) is 4.15. The van der Waals surface area contributed by atoms with Gasteiger partial charge in [0, 0.05) is 12.6 Å². The Labute approximate surface area is 117 Å². The molecule has 1 N–H and O–H groups in total. The number of hydrogen-bond acceptors (Lipinski definition) is 2. The molecule has 0 aliphatic heterocycles. The van der Waals surface area contributed by atoms with Gasteiger partial charge in [0.25, 0.3) is 0 Å². The Morgan fingerprint density at radius 3 is 2.50 bits per heavy atom. The molecule has 1 heterocycles. The molecule has 4 heteroatoms.